The van der Waals surface area contributed by atoms with Crippen LogP contribution in [0.15, 0.2) is 97.3 Å². The first-order chi connectivity index (χ1) is 19.2. The third-order valence-corrected chi connectivity index (χ3v) is 7.13. The van der Waals surface area contributed by atoms with Gasteiger partial charge in [-0.05, 0) is 47.3 Å². The van der Waals surface area contributed by atoms with Gasteiger partial charge in [0.05, 0.1) is 16.9 Å². The molecule has 1 N–H and O–H groups in total. The molecule has 6 rings (SSSR count). The van der Waals surface area contributed by atoms with Gasteiger partial charge in [-0.3, -0.25) is 14.5 Å². The summed E-state index contributed by atoms with van der Waals surface area (Å²) in [6.45, 7) is 1.81. The van der Waals surface area contributed by atoms with Crippen molar-refractivity contribution in [2.75, 3.05) is 10.2 Å². The van der Waals surface area contributed by atoms with E-state index in [0.717, 1.165) is 28.6 Å². The molecule has 1 aliphatic rings. The molecule has 2 heterocycles. The molecule has 0 bridgehead atoms. The minimum Gasteiger partial charge on any atom is -0.323 e. The zero-order valence-electron chi connectivity index (χ0n) is 21.3. The second kappa shape index (κ2) is 9.68. The quantitative estimate of drug-likeness (QED) is 0.245. The second-order valence-corrected chi connectivity index (χ2v) is 9.65. The van der Waals surface area contributed by atoms with Gasteiger partial charge in [0.25, 0.3) is 0 Å². The summed E-state index contributed by atoms with van der Waals surface area (Å²) in [5.41, 5.74) is 2.24. The van der Waals surface area contributed by atoms with Crippen LogP contribution in [0.25, 0.3) is 16.5 Å². The molecule has 2 amide bonds. The van der Waals surface area contributed by atoms with Crippen LogP contribution in [-0.4, -0.2) is 21.4 Å². The van der Waals surface area contributed by atoms with E-state index < -0.39 is 17.7 Å². The van der Waals surface area contributed by atoms with Gasteiger partial charge in [0.2, 0.25) is 11.8 Å². The van der Waals surface area contributed by atoms with E-state index in [1.165, 1.54) is 11.0 Å². The Balaban J connectivity index is 1.36. The summed E-state index contributed by atoms with van der Waals surface area (Å²) in [4.78, 5) is 31.7. The first-order valence-corrected chi connectivity index (χ1v) is 12.7. The third kappa shape index (κ3) is 4.49. The number of rotatable bonds is 4. The fraction of sp³-hybridized carbons (Fsp3) is 0.129. The zero-order chi connectivity index (χ0) is 28.0. The van der Waals surface area contributed by atoms with Gasteiger partial charge in [0.15, 0.2) is 0 Å². The topological polar surface area (TPSA) is 67.2 Å². The van der Waals surface area contributed by atoms with Crippen LogP contribution in [0.4, 0.5) is 30.2 Å². The molecule has 6 nitrogen and oxygen atoms in total. The Morgan fingerprint density at radius 1 is 0.900 bits per heavy atom. The monoisotopic (exact) mass is 540 g/mol. The van der Waals surface area contributed by atoms with E-state index in [2.05, 4.69) is 10.3 Å². The van der Waals surface area contributed by atoms with Crippen LogP contribution in [-0.2, 0) is 15.8 Å². The van der Waals surface area contributed by atoms with E-state index in [1.54, 1.807) is 30.6 Å². The Morgan fingerprint density at radius 2 is 1.65 bits per heavy atom. The number of imidazole rings is 1. The van der Waals surface area contributed by atoms with Gasteiger partial charge in [0.1, 0.15) is 12.2 Å². The van der Waals surface area contributed by atoms with Gasteiger partial charge in [-0.1, -0.05) is 55.5 Å². The number of carbonyl (C=O) groups excluding carboxylic acids is 2. The number of nitrogens with zero attached hydrogens (tertiary/aromatic N) is 3. The maximum Gasteiger partial charge on any atom is 0.416 e. The molecule has 1 aliphatic heterocycles. The molecule has 1 aromatic heterocycles. The fourth-order valence-electron chi connectivity index (χ4n) is 5.14. The maximum atomic E-state index is 13.3. The van der Waals surface area contributed by atoms with Gasteiger partial charge in [-0.25, -0.2) is 4.98 Å². The van der Waals surface area contributed by atoms with E-state index in [-0.39, 0.29) is 18.2 Å². The highest BCUT2D eigenvalue weighted by Gasteiger charge is 2.31. The molecule has 9 heteroatoms. The van der Waals surface area contributed by atoms with Crippen molar-refractivity contribution in [2.24, 2.45) is 0 Å². The van der Waals surface area contributed by atoms with E-state index in [0.29, 0.717) is 28.5 Å². The summed E-state index contributed by atoms with van der Waals surface area (Å²) in [7, 11) is 0. The van der Waals surface area contributed by atoms with E-state index in [4.69, 9.17) is 0 Å². The van der Waals surface area contributed by atoms with Crippen LogP contribution in [0.1, 0.15) is 36.2 Å². The minimum atomic E-state index is -4.43. The van der Waals surface area contributed by atoms with Gasteiger partial charge in [-0.15, -0.1) is 0 Å². The number of alkyl halides is 3. The Labute approximate surface area is 227 Å². The zero-order valence-corrected chi connectivity index (χ0v) is 21.3. The summed E-state index contributed by atoms with van der Waals surface area (Å²) >= 11 is 0. The molecule has 5 aromatic rings. The van der Waals surface area contributed by atoms with Crippen LogP contribution in [0, 0.1) is 0 Å². The number of anilines is 3. The summed E-state index contributed by atoms with van der Waals surface area (Å²) in [6.07, 6.45) is -1.39. The molecule has 0 aliphatic carbocycles. The number of halogens is 3. The summed E-state index contributed by atoms with van der Waals surface area (Å²) in [5.74, 6) is -0.583. The maximum absolute atomic E-state index is 13.3. The molecule has 0 saturated heterocycles. The van der Waals surface area contributed by atoms with Crippen molar-refractivity contribution in [3.05, 3.63) is 114 Å². The molecule has 1 atom stereocenters. The minimum absolute atomic E-state index is 0.301. The first kappa shape index (κ1) is 25.4. The highest BCUT2D eigenvalue weighted by molar-refractivity contribution is 6.21. The standard InChI is InChI=1S/C31H23F3N4O2/c1-19(21-6-4-7-22(17-21)31(32,33)34)30-35-15-16-37(30)23-10-12-24(13-11-23)38-26-14-9-20-5-2-3-8-25(20)29(26)36-27(39)18-28(38)40/h2-17,19H,18H2,1H3,(H,36,39). The Hall–Kier alpha value is -4.92. The number of amides is 2. The average molecular weight is 541 g/mol. The molecular formula is C31H23F3N4O2. The molecule has 4 aromatic carbocycles. The number of carbonyl (C=O) groups is 2. The van der Waals surface area contributed by atoms with Crippen LogP contribution >= 0.6 is 0 Å². The van der Waals surface area contributed by atoms with Crippen molar-refractivity contribution in [2.45, 2.75) is 25.4 Å². The predicted octanol–water partition coefficient (Wildman–Crippen LogP) is 7.20. The van der Waals surface area contributed by atoms with Gasteiger partial charge in [-0.2, -0.15) is 13.2 Å². The van der Waals surface area contributed by atoms with Crippen LogP contribution in [0.5, 0.6) is 0 Å². The molecule has 0 spiro atoms. The normalized spacial score (nSPS) is 14.6. The van der Waals surface area contributed by atoms with Crippen LogP contribution in [0.3, 0.4) is 0 Å². The lowest BCUT2D eigenvalue weighted by molar-refractivity contribution is -0.137. The molecule has 0 saturated carbocycles. The molecule has 0 fully saturated rings. The highest BCUT2D eigenvalue weighted by Crippen LogP contribution is 2.40. The van der Waals surface area contributed by atoms with Crippen molar-refractivity contribution in [1.82, 2.24) is 9.55 Å². The largest absolute Gasteiger partial charge is 0.416 e. The summed E-state index contributed by atoms with van der Waals surface area (Å²) in [6, 6.07) is 23.8. The number of hydrogen-bond acceptors (Lipinski definition) is 3. The second-order valence-electron chi connectivity index (χ2n) is 9.65. The summed E-state index contributed by atoms with van der Waals surface area (Å²) in [5, 5.41) is 4.66. The highest BCUT2D eigenvalue weighted by atomic mass is 19.4. The Bertz CT molecular complexity index is 1760. The molecule has 1 unspecified atom stereocenters. The molecule has 200 valence electrons. The van der Waals surface area contributed by atoms with Crippen molar-refractivity contribution in [3.63, 3.8) is 0 Å². The molecular weight excluding hydrogens is 517 g/mol. The van der Waals surface area contributed by atoms with E-state index in [9.17, 15) is 22.8 Å². The number of nitrogens with one attached hydrogen (secondary N) is 1. The number of aromatic nitrogens is 2. The molecule has 0 radical (unpaired) electrons. The lowest BCUT2D eigenvalue weighted by atomic mass is 9.98. The Kier molecular flexibility index (Phi) is 6.14. The van der Waals surface area contributed by atoms with Crippen LogP contribution < -0.4 is 10.2 Å². The SMILES string of the molecule is CC(c1cccc(C(F)(F)F)c1)c1nccn1-c1ccc(N2C(=O)CC(=O)Nc3c2ccc2ccccc32)cc1. The average Bonchev–Trinajstić information content (AvgIpc) is 3.39. The van der Waals surface area contributed by atoms with Crippen molar-refractivity contribution in [3.8, 4) is 5.69 Å². The summed E-state index contributed by atoms with van der Waals surface area (Å²) < 4.78 is 41.7. The van der Waals surface area contributed by atoms with E-state index >= 15 is 0 Å². The number of fused-ring (bicyclic) bond motifs is 3. The van der Waals surface area contributed by atoms with Gasteiger partial charge >= 0.3 is 6.18 Å². The number of benzene rings is 4. The van der Waals surface area contributed by atoms with Crippen LogP contribution in [0.2, 0.25) is 0 Å². The lowest BCUT2D eigenvalue weighted by Crippen LogP contribution is -2.26. The van der Waals surface area contributed by atoms with E-state index in [1.807, 2.05) is 60.0 Å². The van der Waals surface area contributed by atoms with Crippen molar-refractivity contribution in [1.29, 1.82) is 0 Å². The third-order valence-electron chi connectivity index (χ3n) is 7.13. The fourth-order valence-corrected chi connectivity index (χ4v) is 5.14. The van der Waals surface area contributed by atoms with Crippen molar-refractivity contribution < 1.29 is 22.8 Å². The van der Waals surface area contributed by atoms with Crippen molar-refractivity contribution >= 4 is 39.6 Å². The lowest BCUT2D eigenvalue weighted by Gasteiger charge is -2.24. The number of hydrogen-bond donors (Lipinski definition) is 1. The van der Waals surface area contributed by atoms with Gasteiger partial charge < -0.3 is 9.88 Å². The Morgan fingerprint density at radius 3 is 2.42 bits per heavy atom. The van der Waals surface area contributed by atoms with Gasteiger partial charge in [0, 0.05) is 35.1 Å². The molecule has 40 heavy (non-hydrogen) atoms. The predicted molar refractivity (Wildman–Crippen MR) is 147 cm³/mol. The first-order valence-electron chi connectivity index (χ1n) is 12.7. The smallest absolute Gasteiger partial charge is 0.323 e.